The lowest BCUT2D eigenvalue weighted by Crippen LogP contribution is -2.35. The number of nitrogens with one attached hydrogen (secondary N) is 2. The normalized spacial score (nSPS) is 15.2. The van der Waals surface area contributed by atoms with Crippen LogP contribution in [0.5, 0.6) is 0 Å². The van der Waals surface area contributed by atoms with Gasteiger partial charge in [-0.2, -0.15) is 0 Å². The van der Waals surface area contributed by atoms with Crippen LogP contribution in [0.4, 0.5) is 0 Å². The smallest absolute Gasteiger partial charge is 0.251 e. The van der Waals surface area contributed by atoms with E-state index < -0.39 is 0 Å². The van der Waals surface area contributed by atoms with Crippen molar-refractivity contribution in [3.05, 3.63) is 65.6 Å². The molecule has 26 heavy (non-hydrogen) atoms. The van der Waals surface area contributed by atoms with Gasteiger partial charge in [0.25, 0.3) is 5.91 Å². The second kappa shape index (κ2) is 7.68. The summed E-state index contributed by atoms with van der Waals surface area (Å²) in [5.74, 6) is -0.0833. The van der Waals surface area contributed by atoms with Gasteiger partial charge in [0.05, 0.1) is 13.2 Å². The topological polar surface area (TPSA) is 70.2 Å². The quantitative estimate of drug-likeness (QED) is 0.741. The van der Waals surface area contributed by atoms with E-state index in [4.69, 9.17) is 4.74 Å². The SMILES string of the molecule is O=C(NCc1cccnc1)c1ccc2c(CN3CCOCC3)c[nH]c2c1. The van der Waals surface area contributed by atoms with E-state index in [1.54, 1.807) is 12.4 Å². The molecule has 6 nitrogen and oxygen atoms in total. The lowest BCUT2D eigenvalue weighted by Gasteiger charge is -2.26. The predicted molar refractivity (Wildman–Crippen MR) is 99.8 cm³/mol. The number of pyridine rings is 1. The number of hydrogen-bond acceptors (Lipinski definition) is 4. The molecule has 2 aromatic heterocycles. The number of aromatic amines is 1. The van der Waals surface area contributed by atoms with E-state index in [0.29, 0.717) is 12.1 Å². The highest BCUT2D eigenvalue weighted by Gasteiger charge is 2.14. The van der Waals surface area contributed by atoms with Gasteiger partial charge in [-0.05, 0) is 29.3 Å². The van der Waals surface area contributed by atoms with Gasteiger partial charge in [0.15, 0.2) is 0 Å². The van der Waals surface area contributed by atoms with Crippen molar-refractivity contribution in [3.63, 3.8) is 0 Å². The second-order valence-corrected chi connectivity index (χ2v) is 6.51. The van der Waals surface area contributed by atoms with Crippen LogP contribution in [0.15, 0.2) is 48.9 Å². The maximum Gasteiger partial charge on any atom is 0.251 e. The molecule has 0 radical (unpaired) electrons. The molecule has 3 heterocycles. The molecule has 0 atom stereocenters. The van der Waals surface area contributed by atoms with Crippen molar-refractivity contribution >= 4 is 16.8 Å². The summed E-state index contributed by atoms with van der Waals surface area (Å²) in [7, 11) is 0. The Hall–Kier alpha value is -2.70. The number of hydrogen-bond donors (Lipinski definition) is 2. The minimum absolute atomic E-state index is 0.0833. The number of ether oxygens (including phenoxy) is 1. The first-order valence-corrected chi connectivity index (χ1v) is 8.87. The van der Waals surface area contributed by atoms with Crippen LogP contribution in [0, 0.1) is 0 Å². The standard InChI is InChI=1S/C20H22N4O2/c25-20(23-12-15-2-1-5-21-11-15)16-3-4-18-17(13-22-19(18)10-16)14-24-6-8-26-9-7-24/h1-5,10-11,13,22H,6-9,12,14H2,(H,23,25). The van der Waals surface area contributed by atoms with E-state index in [-0.39, 0.29) is 5.91 Å². The highest BCUT2D eigenvalue weighted by atomic mass is 16.5. The van der Waals surface area contributed by atoms with Gasteiger partial charge in [0.1, 0.15) is 0 Å². The molecule has 1 aromatic carbocycles. The molecule has 3 aromatic rings. The monoisotopic (exact) mass is 350 g/mol. The molecular weight excluding hydrogens is 328 g/mol. The number of rotatable bonds is 5. The number of carbonyl (C=O) groups is 1. The molecule has 0 unspecified atom stereocenters. The molecule has 0 bridgehead atoms. The first-order chi connectivity index (χ1) is 12.8. The molecule has 4 rings (SSSR count). The van der Waals surface area contributed by atoms with E-state index in [2.05, 4.69) is 20.2 Å². The molecule has 0 saturated carbocycles. The summed E-state index contributed by atoms with van der Waals surface area (Å²) in [5.41, 5.74) is 3.88. The third-order valence-corrected chi connectivity index (χ3v) is 4.70. The molecule has 134 valence electrons. The Morgan fingerprint density at radius 2 is 2.15 bits per heavy atom. The van der Waals surface area contributed by atoms with E-state index in [0.717, 1.165) is 43.9 Å². The number of amides is 1. The molecule has 6 heteroatoms. The summed E-state index contributed by atoms with van der Waals surface area (Å²) in [6.07, 6.45) is 5.52. The van der Waals surface area contributed by atoms with Crippen molar-refractivity contribution in [2.24, 2.45) is 0 Å². The molecule has 1 aliphatic rings. The Morgan fingerprint density at radius 1 is 1.27 bits per heavy atom. The Bertz CT molecular complexity index is 885. The van der Waals surface area contributed by atoms with Crippen LogP contribution in [0.25, 0.3) is 10.9 Å². The maximum absolute atomic E-state index is 12.4. The van der Waals surface area contributed by atoms with E-state index in [1.807, 2.05) is 36.5 Å². The predicted octanol–water partition coefficient (Wildman–Crippen LogP) is 2.33. The lowest BCUT2D eigenvalue weighted by atomic mass is 10.1. The van der Waals surface area contributed by atoms with Gasteiger partial charge in [-0.15, -0.1) is 0 Å². The van der Waals surface area contributed by atoms with E-state index in [1.165, 1.54) is 10.9 Å². The summed E-state index contributed by atoms with van der Waals surface area (Å²) >= 11 is 0. The van der Waals surface area contributed by atoms with Crippen molar-refractivity contribution in [1.29, 1.82) is 0 Å². The van der Waals surface area contributed by atoms with Gasteiger partial charge in [0, 0.05) is 61.2 Å². The van der Waals surface area contributed by atoms with Gasteiger partial charge in [-0.1, -0.05) is 12.1 Å². The van der Waals surface area contributed by atoms with E-state index >= 15 is 0 Å². The molecular formula is C20H22N4O2. The van der Waals surface area contributed by atoms with Crippen molar-refractivity contribution in [1.82, 2.24) is 20.2 Å². The summed E-state index contributed by atoms with van der Waals surface area (Å²) < 4.78 is 5.41. The van der Waals surface area contributed by atoms with Crippen molar-refractivity contribution in [2.45, 2.75) is 13.1 Å². The molecule has 0 aliphatic carbocycles. The zero-order valence-corrected chi connectivity index (χ0v) is 14.6. The number of H-pyrrole nitrogens is 1. The number of nitrogens with zero attached hydrogens (tertiary/aromatic N) is 2. The Labute approximate surface area is 152 Å². The maximum atomic E-state index is 12.4. The third kappa shape index (κ3) is 3.76. The minimum Gasteiger partial charge on any atom is -0.379 e. The largest absolute Gasteiger partial charge is 0.379 e. The first-order valence-electron chi connectivity index (χ1n) is 8.87. The Kier molecular flexibility index (Phi) is 4.95. The first kappa shape index (κ1) is 16.8. The van der Waals surface area contributed by atoms with Gasteiger partial charge < -0.3 is 15.0 Å². The molecule has 1 fully saturated rings. The summed E-state index contributed by atoms with van der Waals surface area (Å²) in [6.45, 7) is 4.88. The zero-order valence-electron chi connectivity index (χ0n) is 14.6. The van der Waals surface area contributed by atoms with Gasteiger partial charge in [-0.3, -0.25) is 14.7 Å². The highest BCUT2D eigenvalue weighted by molar-refractivity contribution is 5.98. The fourth-order valence-corrected chi connectivity index (χ4v) is 3.25. The van der Waals surface area contributed by atoms with Crippen molar-refractivity contribution < 1.29 is 9.53 Å². The number of morpholine rings is 1. The lowest BCUT2D eigenvalue weighted by molar-refractivity contribution is 0.0343. The molecule has 1 saturated heterocycles. The second-order valence-electron chi connectivity index (χ2n) is 6.51. The van der Waals surface area contributed by atoms with Crippen LogP contribution in [0.2, 0.25) is 0 Å². The zero-order chi connectivity index (χ0) is 17.8. The van der Waals surface area contributed by atoms with Crippen LogP contribution in [0.1, 0.15) is 21.5 Å². The van der Waals surface area contributed by atoms with Gasteiger partial charge in [0.2, 0.25) is 0 Å². The van der Waals surface area contributed by atoms with Crippen LogP contribution in [0.3, 0.4) is 0 Å². The number of carbonyl (C=O) groups excluding carboxylic acids is 1. The third-order valence-electron chi connectivity index (χ3n) is 4.70. The minimum atomic E-state index is -0.0833. The van der Waals surface area contributed by atoms with E-state index in [9.17, 15) is 4.79 Å². The van der Waals surface area contributed by atoms with Gasteiger partial charge in [-0.25, -0.2) is 0 Å². The number of benzene rings is 1. The van der Waals surface area contributed by atoms with Crippen LogP contribution >= 0.6 is 0 Å². The van der Waals surface area contributed by atoms with Crippen LogP contribution in [-0.2, 0) is 17.8 Å². The summed E-state index contributed by atoms with van der Waals surface area (Å²) in [6, 6.07) is 9.64. The molecule has 0 spiro atoms. The van der Waals surface area contributed by atoms with Gasteiger partial charge >= 0.3 is 0 Å². The Balaban J connectivity index is 1.44. The molecule has 1 amide bonds. The summed E-state index contributed by atoms with van der Waals surface area (Å²) in [5, 5.41) is 4.10. The average Bonchev–Trinajstić information content (AvgIpc) is 3.10. The number of aromatic nitrogens is 2. The van der Waals surface area contributed by atoms with Crippen molar-refractivity contribution in [3.8, 4) is 0 Å². The molecule has 1 aliphatic heterocycles. The average molecular weight is 350 g/mol. The summed E-state index contributed by atoms with van der Waals surface area (Å²) in [4.78, 5) is 22.2. The number of fused-ring (bicyclic) bond motifs is 1. The van der Waals surface area contributed by atoms with Crippen molar-refractivity contribution in [2.75, 3.05) is 26.3 Å². The Morgan fingerprint density at radius 3 is 2.96 bits per heavy atom. The van der Waals surface area contributed by atoms with Crippen LogP contribution < -0.4 is 5.32 Å². The molecule has 2 N–H and O–H groups in total. The van der Waals surface area contributed by atoms with Crippen LogP contribution in [-0.4, -0.2) is 47.1 Å². The fourth-order valence-electron chi connectivity index (χ4n) is 3.25. The highest BCUT2D eigenvalue weighted by Crippen LogP contribution is 2.21. The fraction of sp³-hybridized carbons (Fsp3) is 0.300.